The molecule has 0 bridgehead atoms. The molecule has 1 fully saturated rings. The summed E-state index contributed by atoms with van der Waals surface area (Å²) in [5, 5.41) is 6.93. The van der Waals surface area contributed by atoms with E-state index in [2.05, 4.69) is 67.9 Å². The second-order valence-corrected chi connectivity index (χ2v) is 6.80. The number of aliphatic imine (C=N–C) groups is 1. The Morgan fingerprint density at radius 1 is 1.08 bits per heavy atom. The summed E-state index contributed by atoms with van der Waals surface area (Å²) in [6.45, 7) is 6.66. The summed E-state index contributed by atoms with van der Waals surface area (Å²) in [5.74, 6) is 0.933. The Labute approximate surface area is 174 Å². The molecular weight excluding hydrogens is 437 g/mol. The molecule has 26 heavy (non-hydrogen) atoms. The Bertz CT molecular complexity index is 559. The Morgan fingerprint density at radius 2 is 1.77 bits per heavy atom. The van der Waals surface area contributed by atoms with Crippen LogP contribution in [0.15, 0.2) is 47.5 Å². The molecule has 3 rings (SSSR count). The van der Waals surface area contributed by atoms with E-state index in [1.807, 2.05) is 7.05 Å². The molecule has 0 radical (unpaired) electrons. The number of guanidine groups is 1. The van der Waals surface area contributed by atoms with Crippen LogP contribution in [0.4, 0.5) is 5.69 Å². The molecule has 0 amide bonds. The molecule has 1 saturated heterocycles. The largest absolute Gasteiger partial charge is 0.369 e. The number of para-hydroxylation sites is 1. The van der Waals surface area contributed by atoms with E-state index in [9.17, 15) is 0 Å². The molecule has 1 aliphatic heterocycles. The highest BCUT2D eigenvalue weighted by atomic mass is 127. The summed E-state index contributed by atoms with van der Waals surface area (Å²) in [7, 11) is 1.85. The number of piperazine rings is 1. The molecule has 144 valence electrons. The molecule has 0 unspecified atom stereocenters. The average molecular weight is 469 g/mol. The van der Waals surface area contributed by atoms with Gasteiger partial charge in [-0.2, -0.15) is 0 Å². The summed E-state index contributed by atoms with van der Waals surface area (Å²) in [5.41, 5.74) is 1.35. The molecule has 1 heterocycles. The summed E-state index contributed by atoms with van der Waals surface area (Å²) >= 11 is 0. The number of rotatable bonds is 6. The number of nitrogens with zero attached hydrogens (tertiary/aromatic N) is 3. The molecule has 0 spiro atoms. The average Bonchev–Trinajstić information content (AvgIpc) is 3.18. The highest BCUT2D eigenvalue weighted by Crippen LogP contribution is 2.15. The quantitative estimate of drug-likeness (QED) is 0.221. The van der Waals surface area contributed by atoms with Gasteiger partial charge in [-0.15, -0.1) is 24.0 Å². The van der Waals surface area contributed by atoms with Crippen LogP contribution in [0, 0.1) is 0 Å². The minimum Gasteiger partial charge on any atom is -0.369 e. The molecule has 1 aromatic carbocycles. The van der Waals surface area contributed by atoms with E-state index in [-0.39, 0.29) is 24.0 Å². The van der Waals surface area contributed by atoms with Crippen LogP contribution in [0.1, 0.15) is 19.3 Å². The van der Waals surface area contributed by atoms with E-state index in [4.69, 9.17) is 0 Å². The van der Waals surface area contributed by atoms with Crippen molar-refractivity contribution in [2.45, 2.75) is 25.3 Å². The normalized spacial score (nSPS) is 18.7. The van der Waals surface area contributed by atoms with E-state index < -0.39 is 0 Å². The molecule has 5 nitrogen and oxygen atoms in total. The lowest BCUT2D eigenvalue weighted by Crippen LogP contribution is -2.47. The van der Waals surface area contributed by atoms with Crippen molar-refractivity contribution in [1.29, 1.82) is 0 Å². The van der Waals surface area contributed by atoms with Gasteiger partial charge in [-0.1, -0.05) is 30.4 Å². The predicted molar refractivity (Wildman–Crippen MR) is 122 cm³/mol. The van der Waals surface area contributed by atoms with Gasteiger partial charge in [0.25, 0.3) is 0 Å². The van der Waals surface area contributed by atoms with Gasteiger partial charge in [0.1, 0.15) is 0 Å². The first-order chi connectivity index (χ1) is 12.3. The van der Waals surface area contributed by atoms with E-state index in [0.717, 1.165) is 64.5 Å². The van der Waals surface area contributed by atoms with Gasteiger partial charge >= 0.3 is 0 Å². The minimum absolute atomic E-state index is 0. The summed E-state index contributed by atoms with van der Waals surface area (Å²) in [6.07, 6.45) is 7.83. The lowest BCUT2D eigenvalue weighted by atomic mass is 10.2. The lowest BCUT2D eigenvalue weighted by molar-refractivity contribution is 0.255. The van der Waals surface area contributed by atoms with Crippen molar-refractivity contribution in [2.24, 2.45) is 4.99 Å². The van der Waals surface area contributed by atoms with Crippen LogP contribution in [-0.4, -0.2) is 63.2 Å². The van der Waals surface area contributed by atoms with E-state index >= 15 is 0 Å². The molecule has 6 heteroatoms. The van der Waals surface area contributed by atoms with Crippen LogP contribution < -0.4 is 15.5 Å². The Morgan fingerprint density at radius 3 is 2.42 bits per heavy atom. The SMILES string of the molecule is CN=C(NCCCN1CCN(c2ccccc2)CC1)NC1CC=CC1.I. The molecule has 2 aliphatic rings. The van der Waals surface area contributed by atoms with Crippen LogP contribution >= 0.6 is 24.0 Å². The molecule has 2 N–H and O–H groups in total. The van der Waals surface area contributed by atoms with Gasteiger partial charge < -0.3 is 15.5 Å². The standard InChI is InChI=1S/C20H31N5.HI/c1-21-20(23-18-8-5-6-9-18)22-12-7-13-24-14-16-25(17-15-24)19-10-3-2-4-11-19;/h2-6,10-11,18H,7-9,12-17H2,1H3,(H2,21,22,23);1H. The Kier molecular flexibility index (Phi) is 9.25. The monoisotopic (exact) mass is 469 g/mol. The summed E-state index contributed by atoms with van der Waals surface area (Å²) in [6, 6.07) is 11.2. The Balaban J connectivity index is 0.00000243. The van der Waals surface area contributed by atoms with E-state index in [1.54, 1.807) is 0 Å². The number of benzene rings is 1. The lowest BCUT2D eigenvalue weighted by Gasteiger charge is -2.36. The number of anilines is 1. The third kappa shape index (κ3) is 6.46. The van der Waals surface area contributed by atoms with Gasteiger partial charge in [-0.3, -0.25) is 9.89 Å². The van der Waals surface area contributed by atoms with Gasteiger partial charge in [0.2, 0.25) is 0 Å². The maximum Gasteiger partial charge on any atom is 0.191 e. The van der Waals surface area contributed by atoms with Crippen LogP contribution in [0.2, 0.25) is 0 Å². The number of hydrogen-bond donors (Lipinski definition) is 2. The van der Waals surface area contributed by atoms with Crippen LogP contribution in [-0.2, 0) is 0 Å². The second-order valence-electron chi connectivity index (χ2n) is 6.80. The molecule has 0 saturated carbocycles. The third-order valence-corrected chi connectivity index (χ3v) is 5.01. The second kappa shape index (κ2) is 11.4. The van der Waals surface area contributed by atoms with Crippen molar-refractivity contribution in [1.82, 2.24) is 15.5 Å². The van der Waals surface area contributed by atoms with Crippen molar-refractivity contribution in [3.8, 4) is 0 Å². The third-order valence-electron chi connectivity index (χ3n) is 5.01. The summed E-state index contributed by atoms with van der Waals surface area (Å²) < 4.78 is 0. The summed E-state index contributed by atoms with van der Waals surface area (Å²) in [4.78, 5) is 9.38. The number of nitrogens with one attached hydrogen (secondary N) is 2. The van der Waals surface area contributed by atoms with Crippen molar-refractivity contribution < 1.29 is 0 Å². The first-order valence-corrected chi connectivity index (χ1v) is 9.49. The minimum atomic E-state index is 0. The first-order valence-electron chi connectivity index (χ1n) is 9.49. The van der Waals surface area contributed by atoms with Crippen LogP contribution in [0.3, 0.4) is 0 Å². The fourth-order valence-electron chi connectivity index (χ4n) is 3.50. The topological polar surface area (TPSA) is 42.9 Å². The van der Waals surface area contributed by atoms with Crippen LogP contribution in [0.5, 0.6) is 0 Å². The number of hydrogen-bond acceptors (Lipinski definition) is 3. The highest BCUT2D eigenvalue weighted by Gasteiger charge is 2.16. The zero-order valence-corrected chi connectivity index (χ0v) is 18.1. The van der Waals surface area contributed by atoms with Crippen LogP contribution in [0.25, 0.3) is 0 Å². The Hall–Kier alpha value is -1.28. The molecular formula is C20H32IN5. The first kappa shape index (κ1) is 21.0. The van der Waals surface area contributed by atoms with Gasteiger partial charge in [-0.05, 0) is 37.9 Å². The van der Waals surface area contributed by atoms with Gasteiger partial charge in [-0.25, -0.2) is 0 Å². The maximum absolute atomic E-state index is 4.33. The zero-order valence-electron chi connectivity index (χ0n) is 15.7. The molecule has 0 atom stereocenters. The maximum atomic E-state index is 4.33. The fraction of sp³-hybridized carbons (Fsp3) is 0.550. The van der Waals surface area contributed by atoms with Gasteiger partial charge in [0.15, 0.2) is 5.96 Å². The van der Waals surface area contributed by atoms with Crippen molar-refractivity contribution >= 4 is 35.6 Å². The number of halogens is 1. The molecule has 1 aliphatic carbocycles. The van der Waals surface area contributed by atoms with E-state index in [0.29, 0.717) is 6.04 Å². The van der Waals surface area contributed by atoms with Gasteiger partial charge in [0, 0.05) is 51.5 Å². The smallest absolute Gasteiger partial charge is 0.191 e. The molecule has 1 aromatic rings. The van der Waals surface area contributed by atoms with E-state index in [1.165, 1.54) is 5.69 Å². The van der Waals surface area contributed by atoms with Gasteiger partial charge in [0.05, 0.1) is 0 Å². The fourth-order valence-corrected chi connectivity index (χ4v) is 3.50. The molecule has 0 aromatic heterocycles. The van der Waals surface area contributed by atoms with Crippen molar-refractivity contribution in [3.63, 3.8) is 0 Å². The van der Waals surface area contributed by atoms with Crippen molar-refractivity contribution in [2.75, 3.05) is 51.2 Å². The highest BCUT2D eigenvalue weighted by molar-refractivity contribution is 14.0. The zero-order chi connectivity index (χ0) is 17.3. The van der Waals surface area contributed by atoms with Crippen molar-refractivity contribution in [3.05, 3.63) is 42.5 Å². The predicted octanol–water partition coefficient (Wildman–Crippen LogP) is 2.70.